The van der Waals surface area contributed by atoms with Gasteiger partial charge in [-0.05, 0) is 50.4 Å². The highest BCUT2D eigenvalue weighted by molar-refractivity contribution is 4.96. The Morgan fingerprint density at radius 3 is 2.44 bits per heavy atom. The van der Waals surface area contributed by atoms with Crippen molar-refractivity contribution >= 4 is 0 Å². The summed E-state index contributed by atoms with van der Waals surface area (Å²) in [6.07, 6.45) is 7.19. The van der Waals surface area contributed by atoms with Gasteiger partial charge in [0.05, 0.1) is 5.60 Å². The van der Waals surface area contributed by atoms with Crippen molar-refractivity contribution in [2.75, 3.05) is 19.8 Å². The lowest BCUT2D eigenvalue weighted by molar-refractivity contribution is -0.149. The lowest BCUT2D eigenvalue weighted by Crippen LogP contribution is -2.48. The van der Waals surface area contributed by atoms with E-state index in [0.29, 0.717) is 12.0 Å². The molecule has 0 radical (unpaired) electrons. The molecule has 1 aliphatic carbocycles. The van der Waals surface area contributed by atoms with Crippen LogP contribution in [0.4, 0.5) is 0 Å². The topological polar surface area (TPSA) is 44.5 Å². The first-order chi connectivity index (χ1) is 7.79. The average Bonchev–Trinajstić information content (AvgIpc) is 3.13. The number of hydrogen-bond acceptors (Lipinski definition) is 3. The van der Waals surface area contributed by atoms with Gasteiger partial charge in [0.1, 0.15) is 0 Å². The fraction of sp³-hybridized carbons (Fsp3) is 1.00. The van der Waals surface area contributed by atoms with Crippen LogP contribution < -0.4 is 5.73 Å². The molecule has 16 heavy (non-hydrogen) atoms. The highest BCUT2D eigenvalue weighted by Crippen LogP contribution is 2.43. The minimum absolute atomic E-state index is 0.119. The second-order valence-corrected chi connectivity index (χ2v) is 5.81. The van der Waals surface area contributed by atoms with E-state index in [2.05, 4.69) is 0 Å². The molecular formula is C13H23NO2. The van der Waals surface area contributed by atoms with Gasteiger partial charge in [-0.15, -0.1) is 0 Å². The predicted molar refractivity (Wildman–Crippen MR) is 62.2 cm³/mol. The molecule has 0 amide bonds. The Hall–Kier alpha value is -0.120. The SMILES string of the molecule is NC(C1CC1)C1CCOC2(CCOCC2)C1. The van der Waals surface area contributed by atoms with E-state index >= 15 is 0 Å². The molecule has 92 valence electrons. The van der Waals surface area contributed by atoms with Gasteiger partial charge in [-0.2, -0.15) is 0 Å². The van der Waals surface area contributed by atoms with Gasteiger partial charge >= 0.3 is 0 Å². The normalized spacial score (nSPS) is 36.2. The standard InChI is InChI=1S/C13H23NO2/c14-12(10-1-2-10)11-3-6-16-13(9-11)4-7-15-8-5-13/h10-12H,1-9,14H2. The maximum absolute atomic E-state index is 6.36. The molecule has 2 N–H and O–H groups in total. The molecule has 2 unspecified atom stereocenters. The van der Waals surface area contributed by atoms with E-state index in [9.17, 15) is 0 Å². The molecule has 0 aromatic carbocycles. The Labute approximate surface area is 97.7 Å². The summed E-state index contributed by atoms with van der Waals surface area (Å²) in [5.74, 6) is 1.51. The second-order valence-electron chi connectivity index (χ2n) is 5.81. The Kier molecular flexibility index (Phi) is 2.94. The highest BCUT2D eigenvalue weighted by atomic mass is 16.5. The first kappa shape index (κ1) is 11.0. The molecule has 3 heteroatoms. The third kappa shape index (κ3) is 2.13. The van der Waals surface area contributed by atoms with Crippen molar-refractivity contribution in [2.24, 2.45) is 17.6 Å². The Bertz CT molecular complexity index is 241. The second kappa shape index (κ2) is 4.28. The van der Waals surface area contributed by atoms with Gasteiger partial charge in [0, 0.05) is 25.9 Å². The summed E-state index contributed by atoms with van der Waals surface area (Å²) in [5.41, 5.74) is 6.48. The summed E-state index contributed by atoms with van der Waals surface area (Å²) in [4.78, 5) is 0. The van der Waals surface area contributed by atoms with Crippen molar-refractivity contribution in [3.63, 3.8) is 0 Å². The summed E-state index contributed by atoms with van der Waals surface area (Å²) < 4.78 is 11.5. The van der Waals surface area contributed by atoms with Gasteiger partial charge < -0.3 is 15.2 Å². The summed E-state index contributed by atoms with van der Waals surface area (Å²) in [6, 6.07) is 0.434. The maximum atomic E-state index is 6.36. The van der Waals surface area contributed by atoms with E-state index in [4.69, 9.17) is 15.2 Å². The van der Waals surface area contributed by atoms with E-state index in [0.717, 1.165) is 38.6 Å². The van der Waals surface area contributed by atoms with Crippen molar-refractivity contribution in [3.8, 4) is 0 Å². The molecule has 3 nitrogen and oxygen atoms in total. The van der Waals surface area contributed by atoms with Crippen molar-refractivity contribution < 1.29 is 9.47 Å². The van der Waals surface area contributed by atoms with Crippen molar-refractivity contribution in [3.05, 3.63) is 0 Å². The molecule has 0 bridgehead atoms. The number of ether oxygens (including phenoxy) is 2. The van der Waals surface area contributed by atoms with E-state index in [1.807, 2.05) is 0 Å². The van der Waals surface area contributed by atoms with Crippen LogP contribution in [0.5, 0.6) is 0 Å². The predicted octanol–water partition coefficient (Wildman–Crippen LogP) is 1.70. The fourth-order valence-electron chi connectivity index (χ4n) is 3.35. The Morgan fingerprint density at radius 1 is 1.00 bits per heavy atom. The lowest BCUT2D eigenvalue weighted by Gasteiger charge is -2.44. The first-order valence-corrected chi connectivity index (χ1v) is 6.76. The highest BCUT2D eigenvalue weighted by Gasteiger charge is 2.43. The zero-order valence-corrected chi connectivity index (χ0v) is 9.99. The molecule has 2 atom stereocenters. The smallest absolute Gasteiger partial charge is 0.0729 e. The van der Waals surface area contributed by atoms with Crippen molar-refractivity contribution in [1.82, 2.24) is 0 Å². The monoisotopic (exact) mass is 225 g/mol. The largest absolute Gasteiger partial charge is 0.381 e. The number of hydrogen-bond donors (Lipinski definition) is 1. The van der Waals surface area contributed by atoms with Crippen LogP contribution in [0.3, 0.4) is 0 Å². The van der Waals surface area contributed by atoms with E-state index < -0.39 is 0 Å². The summed E-state index contributed by atoms with van der Waals surface area (Å²) >= 11 is 0. The number of nitrogens with two attached hydrogens (primary N) is 1. The van der Waals surface area contributed by atoms with Crippen LogP contribution in [-0.4, -0.2) is 31.5 Å². The van der Waals surface area contributed by atoms with Crippen molar-refractivity contribution in [1.29, 1.82) is 0 Å². The van der Waals surface area contributed by atoms with Gasteiger partial charge in [-0.3, -0.25) is 0 Å². The van der Waals surface area contributed by atoms with Crippen molar-refractivity contribution in [2.45, 2.75) is 50.2 Å². The zero-order chi connectivity index (χ0) is 11.0. The lowest BCUT2D eigenvalue weighted by atomic mass is 9.77. The zero-order valence-electron chi connectivity index (χ0n) is 9.99. The molecule has 1 spiro atoms. The van der Waals surface area contributed by atoms with Gasteiger partial charge in [-0.1, -0.05) is 0 Å². The maximum Gasteiger partial charge on any atom is 0.0729 e. The van der Waals surface area contributed by atoms with E-state index in [1.54, 1.807) is 0 Å². The molecule has 3 fully saturated rings. The van der Waals surface area contributed by atoms with Gasteiger partial charge in [-0.25, -0.2) is 0 Å². The fourth-order valence-corrected chi connectivity index (χ4v) is 3.35. The molecule has 2 heterocycles. The minimum Gasteiger partial charge on any atom is -0.381 e. The summed E-state index contributed by atoms with van der Waals surface area (Å²) in [6.45, 7) is 2.64. The first-order valence-electron chi connectivity index (χ1n) is 6.76. The van der Waals surface area contributed by atoms with Crippen LogP contribution in [0, 0.1) is 11.8 Å². The molecule has 0 aromatic heterocycles. The van der Waals surface area contributed by atoms with E-state index in [-0.39, 0.29) is 5.60 Å². The third-order valence-electron chi connectivity index (χ3n) is 4.65. The van der Waals surface area contributed by atoms with Crippen LogP contribution in [0.1, 0.15) is 38.5 Å². The molecule has 2 aliphatic heterocycles. The quantitative estimate of drug-likeness (QED) is 0.778. The van der Waals surface area contributed by atoms with Gasteiger partial charge in [0.25, 0.3) is 0 Å². The Morgan fingerprint density at radius 2 is 1.75 bits per heavy atom. The molecule has 3 rings (SSSR count). The summed E-state index contributed by atoms with van der Waals surface area (Å²) in [7, 11) is 0. The molecule has 0 aromatic rings. The molecule has 3 aliphatic rings. The van der Waals surface area contributed by atoms with Crippen LogP contribution in [0.25, 0.3) is 0 Å². The van der Waals surface area contributed by atoms with Crippen LogP contribution >= 0.6 is 0 Å². The van der Waals surface area contributed by atoms with E-state index in [1.165, 1.54) is 25.7 Å². The van der Waals surface area contributed by atoms with Crippen LogP contribution in [0.15, 0.2) is 0 Å². The van der Waals surface area contributed by atoms with Gasteiger partial charge in [0.15, 0.2) is 0 Å². The van der Waals surface area contributed by atoms with Gasteiger partial charge in [0.2, 0.25) is 0 Å². The third-order valence-corrected chi connectivity index (χ3v) is 4.65. The van der Waals surface area contributed by atoms with Crippen LogP contribution in [0.2, 0.25) is 0 Å². The molecule has 2 saturated heterocycles. The minimum atomic E-state index is 0.119. The average molecular weight is 225 g/mol. The Balaban J connectivity index is 1.63. The summed E-state index contributed by atoms with van der Waals surface area (Å²) in [5, 5.41) is 0. The molecule has 1 saturated carbocycles. The van der Waals surface area contributed by atoms with Crippen LogP contribution in [-0.2, 0) is 9.47 Å². The molecular weight excluding hydrogens is 202 g/mol. The number of rotatable bonds is 2.